The van der Waals surface area contributed by atoms with Crippen LogP contribution in [0.3, 0.4) is 0 Å². The summed E-state index contributed by atoms with van der Waals surface area (Å²) in [4.78, 5) is 0. The van der Waals surface area contributed by atoms with Gasteiger partial charge in [-0.25, -0.2) is 0 Å². The van der Waals surface area contributed by atoms with E-state index in [4.69, 9.17) is 0 Å². The van der Waals surface area contributed by atoms with E-state index in [0.717, 1.165) is 13.0 Å². The van der Waals surface area contributed by atoms with Gasteiger partial charge in [-0.05, 0) is 71.2 Å². The lowest BCUT2D eigenvalue weighted by Crippen LogP contribution is -2.21. The molecule has 2 heteroatoms. The second-order valence-electron chi connectivity index (χ2n) is 9.06. The summed E-state index contributed by atoms with van der Waals surface area (Å²) >= 11 is 0. The molecule has 0 spiro atoms. The molecule has 140 valence electrons. The van der Waals surface area contributed by atoms with Crippen LogP contribution in [0.25, 0.3) is 32.8 Å². The standard InChI is InChI=1S/C25H30N2/c1-16(2)12-13-26-21-15-17(3)14-18(4)22(21)24-23(26)19-10-8-9-11-20(19)27(24)25(5,6)7/h8-11,14-15H,1,12-13H2,2-7H3. The molecule has 2 aromatic heterocycles. The third-order valence-corrected chi connectivity index (χ3v) is 5.54. The van der Waals surface area contributed by atoms with Gasteiger partial charge in [0, 0.05) is 22.9 Å². The molecule has 2 heterocycles. The monoisotopic (exact) mass is 358 g/mol. The highest BCUT2D eigenvalue weighted by molar-refractivity contribution is 6.19. The molecule has 0 amide bonds. The molecule has 0 N–H and O–H groups in total. The summed E-state index contributed by atoms with van der Waals surface area (Å²) in [5, 5.41) is 2.74. The van der Waals surface area contributed by atoms with Crippen molar-refractivity contribution in [1.29, 1.82) is 0 Å². The third kappa shape index (κ3) is 2.70. The molecule has 0 bridgehead atoms. The van der Waals surface area contributed by atoms with Crippen LogP contribution in [0.4, 0.5) is 0 Å². The molecule has 0 fully saturated rings. The minimum Gasteiger partial charge on any atom is -0.338 e. The maximum atomic E-state index is 4.14. The molecule has 0 saturated carbocycles. The van der Waals surface area contributed by atoms with Crippen LogP contribution in [0.15, 0.2) is 48.6 Å². The first-order valence-corrected chi connectivity index (χ1v) is 9.87. The lowest BCUT2D eigenvalue weighted by molar-refractivity contribution is 0.424. The second kappa shape index (κ2) is 6.02. The molecule has 0 atom stereocenters. The van der Waals surface area contributed by atoms with Crippen molar-refractivity contribution in [3.05, 3.63) is 59.7 Å². The quantitative estimate of drug-likeness (QED) is 0.346. The van der Waals surface area contributed by atoms with Gasteiger partial charge in [-0.3, -0.25) is 0 Å². The van der Waals surface area contributed by atoms with E-state index in [1.807, 2.05) is 0 Å². The van der Waals surface area contributed by atoms with Crippen LogP contribution in [0.1, 0.15) is 45.2 Å². The molecule has 0 aliphatic rings. The molecule has 4 aromatic rings. The van der Waals surface area contributed by atoms with Gasteiger partial charge in [-0.1, -0.05) is 29.8 Å². The van der Waals surface area contributed by atoms with E-state index in [-0.39, 0.29) is 5.54 Å². The van der Waals surface area contributed by atoms with Crippen LogP contribution in [0.5, 0.6) is 0 Å². The molecular weight excluding hydrogens is 328 g/mol. The van der Waals surface area contributed by atoms with Gasteiger partial charge in [-0.15, -0.1) is 6.58 Å². The molecule has 0 aliphatic heterocycles. The largest absolute Gasteiger partial charge is 0.338 e. The lowest BCUT2D eigenvalue weighted by Gasteiger charge is -2.24. The summed E-state index contributed by atoms with van der Waals surface area (Å²) < 4.78 is 5.07. The van der Waals surface area contributed by atoms with Crippen LogP contribution in [0.2, 0.25) is 0 Å². The molecular formula is C25H30N2. The van der Waals surface area contributed by atoms with Crippen LogP contribution < -0.4 is 0 Å². The highest BCUT2D eigenvalue weighted by atomic mass is 15.1. The number of allylic oxidation sites excluding steroid dienone is 1. The Balaban J connectivity index is 2.28. The Morgan fingerprint density at radius 3 is 2.37 bits per heavy atom. The van der Waals surface area contributed by atoms with E-state index in [0.29, 0.717) is 0 Å². The Labute approximate surface area is 162 Å². The van der Waals surface area contributed by atoms with Crippen LogP contribution in [0, 0.1) is 13.8 Å². The maximum absolute atomic E-state index is 4.14. The van der Waals surface area contributed by atoms with Gasteiger partial charge < -0.3 is 9.13 Å². The van der Waals surface area contributed by atoms with Crippen molar-refractivity contribution in [2.45, 2.75) is 60.0 Å². The summed E-state index contributed by atoms with van der Waals surface area (Å²) in [6.07, 6.45) is 1.00. The van der Waals surface area contributed by atoms with Crippen molar-refractivity contribution in [3.63, 3.8) is 0 Å². The molecule has 0 unspecified atom stereocenters. The van der Waals surface area contributed by atoms with E-state index in [2.05, 4.69) is 93.7 Å². The molecule has 0 saturated heterocycles. The third-order valence-electron chi connectivity index (χ3n) is 5.54. The Hall–Kier alpha value is -2.48. The smallest absolute Gasteiger partial charge is 0.0761 e. The zero-order chi connectivity index (χ0) is 19.5. The topological polar surface area (TPSA) is 9.86 Å². The second-order valence-corrected chi connectivity index (χ2v) is 9.06. The number of aromatic nitrogens is 2. The highest BCUT2D eigenvalue weighted by Gasteiger charge is 2.26. The zero-order valence-electron chi connectivity index (χ0n) is 17.5. The average Bonchev–Trinajstić information content (AvgIpc) is 3.04. The first-order chi connectivity index (χ1) is 12.7. The number of aryl methyl sites for hydroxylation is 3. The van der Waals surface area contributed by atoms with Crippen molar-refractivity contribution in [3.8, 4) is 0 Å². The van der Waals surface area contributed by atoms with Gasteiger partial charge in [0.15, 0.2) is 0 Å². The first-order valence-electron chi connectivity index (χ1n) is 9.87. The highest BCUT2D eigenvalue weighted by Crippen LogP contribution is 2.41. The van der Waals surface area contributed by atoms with E-state index in [1.54, 1.807) is 0 Å². The summed E-state index contributed by atoms with van der Waals surface area (Å²) in [5.74, 6) is 0. The average molecular weight is 359 g/mol. The normalized spacial score (nSPS) is 12.5. The van der Waals surface area contributed by atoms with Gasteiger partial charge in [0.2, 0.25) is 0 Å². The van der Waals surface area contributed by atoms with Crippen molar-refractivity contribution >= 4 is 32.8 Å². The van der Waals surface area contributed by atoms with Crippen molar-refractivity contribution in [2.24, 2.45) is 0 Å². The van der Waals surface area contributed by atoms with Crippen LogP contribution in [-0.4, -0.2) is 9.13 Å². The van der Waals surface area contributed by atoms with E-state index in [1.165, 1.54) is 49.5 Å². The number of fused-ring (bicyclic) bond motifs is 5. The molecule has 4 rings (SSSR count). The van der Waals surface area contributed by atoms with Crippen LogP contribution >= 0.6 is 0 Å². The molecule has 2 nitrogen and oxygen atoms in total. The van der Waals surface area contributed by atoms with E-state index in [9.17, 15) is 0 Å². The molecule has 2 aromatic carbocycles. The Bertz CT molecular complexity index is 1190. The Morgan fingerprint density at radius 2 is 1.70 bits per heavy atom. The number of benzene rings is 2. The number of nitrogens with zero attached hydrogens (tertiary/aromatic N) is 2. The summed E-state index contributed by atoms with van der Waals surface area (Å²) in [7, 11) is 0. The van der Waals surface area contributed by atoms with E-state index >= 15 is 0 Å². The molecule has 27 heavy (non-hydrogen) atoms. The number of hydrogen-bond acceptors (Lipinski definition) is 0. The van der Waals surface area contributed by atoms with Gasteiger partial charge in [0.25, 0.3) is 0 Å². The fourth-order valence-electron chi connectivity index (χ4n) is 4.54. The first kappa shape index (κ1) is 17.9. The van der Waals surface area contributed by atoms with Crippen molar-refractivity contribution in [1.82, 2.24) is 9.13 Å². The zero-order valence-corrected chi connectivity index (χ0v) is 17.5. The number of hydrogen-bond donors (Lipinski definition) is 0. The van der Waals surface area contributed by atoms with Gasteiger partial charge >= 0.3 is 0 Å². The van der Waals surface area contributed by atoms with Gasteiger partial charge in [0.05, 0.1) is 22.1 Å². The Kier molecular flexibility index (Phi) is 3.99. The predicted octanol–water partition coefficient (Wildman–Crippen LogP) is 7.09. The van der Waals surface area contributed by atoms with Crippen LogP contribution in [-0.2, 0) is 12.1 Å². The minimum absolute atomic E-state index is 0.00610. The van der Waals surface area contributed by atoms with Crippen molar-refractivity contribution in [2.75, 3.05) is 0 Å². The maximum Gasteiger partial charge on any atom is 0.0761 e. The predicted molar refractivity (Wildman–Crippen MR) is 119 cm³/mol. The summed E-state index contributed by atoms with van der Waals surface area (Å²) in [5.41, 5.74) is 9.33. The van der Waals surface area contributed by atoms with Gasteiger partial charge in [0.1, 0.15) is 0 Å². The fourth-order valence-corrected chi connectivity index (χ4v) is 4.54. The van der Waals surface area contributed by atoms with Crippen molar-refractivity contribution < 1.29 is 0 Å². The summed E-state index contributed by atoms with van der Waals surface area (Å²) in [6, 6.07) is 13.5. The van der Waals surface area contributed by atoms with E-state index < -0.39 is 0 Å². The number of rotatable bonds is 3. The summed E-state index contributed by atoms with van der Waals surface area (Å²) in [6.45, 7) is 18.6. The lowest BCUT2D eigenvalue weighted by atomic mass is 10.1. The molecule has 0 aliphatic carbocycles. The number of para-hydroxylation sites is 1. The SMILES string of the molecule is C=C(C)CCn1c2cc(C)cc(C)c2c2c1c1ccccc1n2C(C)(C)C. The Morgan fingerprint density at radius 1 is 1.00 bits per heavy atom. The fraction of sp³-hybridized carbons (Fsp3) is 0.360. The molecule has 0 radical (unpaired) electrons. The minimum atomic E-state index is 0.00610. The van der Waals surface area contributed by atoms with Gasteiger partial charge in [-0.2, -0.15) is 0 Å².